The topological polar surface area (TPSA) is 66.6 Å². The van der Waals surface area contributed by atoms with Gasteiger partial charge in [0, 0.05) is 12.1 Å². The number of carbonyl (C=O) groups is 1. The minimum Gasteiger partial charge on any atom is -0.465 e. The van der Waals surface area contributed by atoms with Gasteiger partial charge in [-0.1, -0.05) is 0 Å². The lowest BCUT2D eigenvalue weighted by Gasteiger charge is -2.38. The molecule has 3 rings (SSSR count). The molecule has 3 N–H and O–H groups in total. The fourth-order valence-corrected chi connectivity index (χ4v) is 3.05. The molecule has 1 aromatic carbocycles. The van der Waals surface area contributed by atoms with E-state index in [2.05, 4.69) is 0 Å². The molecule has 0 aromatic heterocycles. The maximum absolute atomic E-state index is 12.8. The molecule has 21 heavy (non-hydrogen) atoms. The third kappa shape index (κ3) is 2.46. The molecule has 0 bridgehead atoms. The number of amides is 1. The van der Waals surface area contributed by atoms with Crippen LogP contribution in [0.15, 0.2) is 18.2 Å². The highest BCUT2D eigenvalue weighted by molar-refractivity contribution is 5.89. The molecular weight excluding hydrogens is 285 g/mol. The van der Waals surface area contributed by atoms with E-state index in [1.54, 1.807) is 0 Å². The highest BCUT2D eigenvalue weighted by Crippen LogP contribution is 2.46. The molecule has 1 saturated carbocycles. The van der Waals surface area contributed by atoms with E-state index >= 15 is 0 Å². The Morgan fingerprint density at radius 3 is 2.52 bits per heavy atom. The number of rotatable bonds is 1. The van der Waals surface area contributed by atoms with Crippen molar-refractivity contribution in [3.8, 4) is 0 Å². The number of fused-ring (bicyclic) bond motifs is 1. The Morgan fingerprint density at radius 1 is 1.33 bits per heavy atom. The lowest BCUT2D eigenvalue weighted by Crippen LogP contribution is -2.46. The molecule has 1 amide bonds. The van der Waals surface area contributed by atoms with Crippen molar-refractivity contribution in [3.05, 3.63) is 29.3 Å². The molecule has 0 spiro atoms. The maximum Gasteiger partial charge on any atom is 0.416 e. The Hall–Kier alpha value is -1.76. The summed E-state index contributed by atoms with van der Waals surface area (Å²) in [4.78, 5) is 12.7. The molecule has 0 saturated heterocycles. The van der Waals surface area contributed by atoms with Crippen molar-refractivity contribution in [1.82, 2.24) is 0 Å². The number of halogens is 3. The van der Waals surface area contributed by atoms with Gasteiger partial charge in [-0.25, -0.2) is 4.79 Å². The fourth-order valence-electron chi connectivity index (χ4n) is 3.05. The zero-order chi connectivity index (χ0) is 15.4. The van der Waals surface area contributed by atoms with Crippen LogP contribution in [0.2, 0.25) is 0 Å². The molecule has 1 fully saturated rings. The number of carboxylic acid groups (broad SMARTS) is 1. The molecular formula is C14H15F3N2O2. The second kappa shape index (κ2) is 4.62. The van der Waals surface area contributed by atoms with Crippen LogP contribution in [0.1, 0.15) is 36.4 Å². The zero-order valence-corrected chi connectivity index (χ0v) is 11.1. The van der Waals surface area contributed by atoms with Gasteiger partial charge in [0.25, 0.3) is 0 Å². The van der Waals surface area contributed by atoms with Crippen molar-refractivity contribution in [3.63, 3.8) is 0 Å². The third-order valence-electron chi connectivity index (χ3n) is 4.21. The van der Waals surface area contributed by atoms with Crippen LogP contribution in [0.4, 0.5) is 23.7 Å². The number of nitrogens with zero attached hydrogens (tertiary/aromatic N) is 1. The van der Waals surface area contributed by atoms with Crippen molar-refractivity contribution in [1.29, 1.82) is 0 Å². The summed E-state index contributed by atoms with van der Waals surface area (Å²) in [5, 5.41) is 9.41. The largest absolute Gasteiger partial charge is 0.465 e. The van der Waals surface area contributed by atoms with E-state index in [4.69, 9.17) is 5.73 Å². The molecule has 1 heterocycles. The summed E-state index contributed by atoms with van der Waals surface area (Å²) in [5.41, 5.74) is 5.73. The van der Waals surface area contributed by atoms with Gasteiger partial charge in [-0.2, -0.15) is 13.2 Å². The number of hydrogen-bond donors (Lipinski definition) is 2. The molecule has 7 heteroatoms. The van der Waals surface area contributed by atoms with E-state index in [1.165, 1.54) is 11.0 Å². The Labute approximate surface area is 119 Å². The van der Waals surface area contributed by atoms with E-state index in [0.717, 1.165) is 25.0 Å². The normalized spacial score (nSPS) is 25.6. The van der Waals surface area contributed by atoms with Crippen LogP contribution in [0.5, 0.6) is 0 Å². The highest BCUT2D eigenvalue weighted by atomic mass is 19.4. The molecule has 1 aliphatic heterocycles. The molecule has 2 atom stereocenters. The summed E-state index contributed by atoms with van der Waals surface area (Å²) in [6.45, 7) is 0. The first kappa shape index (κ1) is 14.2. The number of nitrogens with two attached hydrogens (primary N) is 1. The lowest BCUT2D eigenvalue weighted by molar-refractivity contribution is -0.137. The van der Waals surface area contributed by atoms with Gasteiger partial charge in [-0.05, 0) is 48.9 Å². The average Bonchev–Trinajstić information content (AvgIpc) is 3.20. The Balaban J connectivity index is 2.06. The average molecular weight is 300 g/mol. The number of anilines is 1. The Kier molecular flexibility index (Phi) is 3.12. The summed E-state index contributed by atoms with van der Waals surface area (Å²) in [6.07, 6.45) is -3.35. The van der Waals surface area contributed by atoms with Crippen molar-refractivity contribution in [2.24, 2.45) is 11.7 Å². The Morgan fingerprint density at radius 2 is 2.00 bits per heavy atom. The molecule has 1 aromatic rings. The summed E-state index contributed by atoms with van der Waals surface area (Å²) in [5.74, 6) is 0.266. The van der Waals surface area contributed by atoms with Crippen molar-refractivity contribution < 1.29 is 23.1 Å². The van der Waals surface area contributed by atoms with Gasteiger partial charge in [-0.3, -0.25) is 4.90 Å². The predicted octanol–water partition coefficient (Wildman–Crippen LogP) is 3.37. The molecule has 2 unspecified atom stereocenters. The maximum atomic E-state index is 12.8. The van der Waals surface area contributed by atoms with Crippen LogP contribution in [0.3, 0.4) is 0 Å². The lowest BCUT2D eigenvalue weighted by atomic mass is 9.88. The second-order valence-electron chi connectivity index (χ2n) is 5.67. The predicted molar refractivity (Wildman–Crippen MR) is 70.0 cm³/mol. The summed E-state index contributed by atoms with van der Waals surface area (Å²) in [7, 11) is 0. The van der Waals surface area contributed by atoms with Crippen LogP contribution < -0.4 is 10.6 Å². The minimum atomic E-state index is -4.46. The van der Waals surface area contributed by atoms with Crippen LogP contribution in [0.25, 0.3) is 0 Å². The van der Waals surface area contributed by atoms with Crippen LogP contribution in [0, 0.1) is 5.92 Å². The summed E-state index contributed by atoms with van der Waals surface area (Å²) >= 11 is 0. The molecule has 4 nitrogen and oxygen atoms in total. The SMILES string of the molecule is NC1CC(C2CC2)N(C(=O)O)c2ccc(C(F)(F)F)cc21. The Bertz CT molecular complexity index is 584. The van der Waals surface area contributed by atoms with Gasteiger partial charge in [0.1, 0.15) is 0 Å². The quantitative estimate of drug-likeness (QED) is 0.835. The van der Waals surface area contributed by atoms with E-state index in [1.807, 2.05) is 0 Å². The smallest absolute Gasteiger partial charge is 0.416 e. The first-order valence-corrected chi connectivity index (χ1v) is 6.78. The molecule has 1 aliphatic carbocycles. The monoisotopic (exact) mass is 300 g/mol. The molecule has 2 aliphatic rings. The van der Waals surface area contributed by atoms with E-state index in [9.17, 15) is 23.1 Å². The van der Waals surface area contributed by atoms with E-state index in [0.29, 0.717) is 6.42 Å². The fraction of sp³-hybridized carbons (Fsp3) is 0.500. The van der Waals surface area contributed by atoms with Gasteiger partial charge >= 0.3 is 12.3 Å². The van der Waals surface area contributed by atoms with Crippen molar-refractivity contribution in [2.45, 2.75) is 37.5 Å². The first-order valence-electron chi connectivity index (χ1n) is 6.78. The van der Waals surface area contributed by atoms with Gasteiger partial charge < -0.3 is 10.8 Å². The van der Waals surface area contributed by atoms with Gasteiger partial charge in [0.15, 0.2) is 0 Å². The van der Waals surface area contributed by atoms with Crippen LogP contribution >= 0.6 is 0 Å². The summed E-state index contributed by atoms with van der Waals surface area (Å²) in [6, 6.07) is 2.31. The van der Waals surface area contributed by atoms with Crippen LogP contribution in [-0.4, -0.2) is 17.2 Å². The van der Waals surface area contributed by atoms with E-state index < -0.39 is 23.9 Å². The molecule has 0 radical (unpaired) electrons. The molecule has 114 valence electrons. The zero-order valence-electron chi connectivity index (χ0n) is 11.1. The van der Waals surface area contributed by atoms with E-state index in [-0.39, 0.29) is 23.2 Å². The summed E-state index contributed by atoms with van der Waals surface area (Å²) < 4.78 is 38.4. The van der Waals surface area contributed by atoms with Crippen molar-refractivity contribution in [2.75, 3.05) is 4.90 Å². The number of benzene rings is 1. The third-order valence-corrected chi connectivity index (χ3v) is 4.21. The van der Waals surface area contributed by atoms with Gasteiger partial charge in [-0.15, -0.1) is 0 Å². The minimum absolute atomic E-state index is 0.235. The standard InChI is InChI=1S/C14H15F3N2O2/c15-14(16,17)8-3-4-11-9(5-8)10(18)6-12(7-1-2-7)19(11)13(20)21/h3-5,7,10,12H,1-2,6,18H2,(H,20,21). The number of alkyl halides is 3. The van der Waals surface area contributed by atoms with Gasteiger partial charge in [0.05, 0.1) is 11.3 Å². The first-order chi connectivity index (χ1) is 9.79. The van der Waals surface area contributed by atoms with Crippen molar-refractivity contribution >= 4 is 11.8 Å². The van der Waals surface area contributed by atoms with Gasteiger partial charge in [0.2, 0.25) is 0 Å². The number of hydrogen-bond acceptors (Lipinski definition) is 2. The van der Waals surface area contributed by atoms with Crippen LogP contribution in [-0.2, 0) is 6.18 Å². The highest BCUT2D eigenvalue weighted by Gasteiger charge is 2.44. The second-order valence-corrected chi connectivity index (χ2v) is 5.67.